The van der Waals surface area contributed by atoms with E-state index in [0.29, 0.717) is 13.1 Å². The molecule has 0 unspecified atom stereocenters. The lowest BCUT2D eigenvalue weighted by atomic mass is 10.2. The van der Waals surface area contributed by atoms with E-state index in [1.807, 2.05) is 13.0 Å². The van der Waals surface area contributed by atoms with E-state index in [1.54, 1.807) is 31.3 Å². The largest absolute Gasteiger partial charge is 0.368 e. The van der Waals surface area contributed by atoms with Crippen LogP contribution in [0.5, 0.6) is 0 Å². The molecule has 0 aliphatic carbocycles. The fourth-order valence-corrected chi connectivity index (χ4v) is 4.34. The zero-order valence-electron chi connectivity index (χ0n) is 17.4. The maximum Gasteiger partial charge on any atom is 0.240 e. The number of halogens is 1. The molecule has 2 N–H and O–H groups in total. The molecule has 2 aromatic rings. The summed E-state index contributed by atoms with van der Waals surface area (Å²) in [6.45, 7) is 6.26. The van der Waals surface area contributed by atoms with Crippen LogP contribution in [0.3, 0.4) is 0 Å². The Labute approximate surface area is 196 Å². The highest BCUT2D eigenvalue weighted by Gasteiger charge is 2.20. The second-order valence-corrected chi connectivity index (χ2v) is 8.76. The highest BCUT2D eigenvalue weighted by Crippen LogP contribution is 2.15. The standard InChI is InChI=1S/C21H29N5O2S.HI/c1-18-8-10-20(11-9-18)29(27,28)24-13-12-23-21(22-2)26-16-14-25(15-17-26)19-6-4-3-5-7-19;/h3-11,24H,12-17H2,1-2H3,(H,22,23);1H. The van der Waals surface area contributed by atoms with Crippen LogP contribution in [0.2, 0.25) is 0 Å². The molecular formula is C21H30IN5O2S. The average molecular weight is 543 g/mol. The van der Waals surface area contributed by atoms with Crippen LogP contribution >= 0.6 is 24.0 Å². The van der Waals surface area contributed by atoms with E-state index in [4.69, 9.17) is 0 Å². The van der Waals surface area contributed by atoms with Crippen molar-refractivity contribution in [2.75, 3.05) is 51.2 Å². The number of aliphatic imine (C=N–C) groups is 1. The zero-order chi connectivity index (χ0) is 20.7. The predicted octanol–water partition coefficient (Wildman–Crippen LogP) is 2.29. The first-order valence-electron chi connectivity index (χ1n) is 9.81. The molecule has 164 valence electrons. The van der Waals surface area contributed by atoms with Gasteiger partial charge < -0.3 is 15.1 Å². The Balaban J connectivity index is 0.00000320. The van der Waals surface area contributed by atoms with Crippen molar-refractivity contribution >= 4 is 45.6 Å². The second kappa shape index (κ2) is 11.5. The number of sulfonamides is 1. The average Bonchev–Trinajstić information content (AvgIpc) is 2.75. The van der Waals surface area contributed by atoms with Gasteiger partial charge in [0.2, 0.25) is 10.0 Å². The Bertz CT molecular complexity index is 912. The molecule has 9 heteroatoms. The van der Waals surface area contributed by atoms with Crippen LogP contribution in [0, 0.1) is 6.92 Å². The summed E-state index contributed by atoms with van der Waals surface area (Å²) in [5.74, 6) is 0.798. The Hall–Kier alpha value is -1.85. The summed E-state index contributed by atoms with van der Waals surface area (Å²) >= 11 is 0. The molecule has 2 aromatic carbocycles. The van der Waals surface area contributed by atoms with Gasteiger partial charge in [-0.05, 0) is 31.2 Å². The summed E-state index contributed by atoms with van der Waals surface area (Å²) in [5.41, 5.74) is 2.27. The number of aryl methyl sites for hydroxylation is 1. The molecule has 0 spiro atoms. The smallest absolute Gasteiger partial charge is 0.240 e. The molecule has 1 heterocycles. The maximum absolute atomic E-state index is 12.3. The highest BCUT2D eigenvalue weighted by atomic mass is 127. The van der Waals surface area contributed by atoms with Gasteiger partial charge in [0.15, 0.2) is 5.96 Å². The Morgan fingerprint density at radius 2 is 1.60 bits per heavy atom. The van der Waals surface area contributed by atoms with Gasteiger partial charge in [-0.2, -0.15) is 0 Å². The maximum atomic E-state index is 12.3. The molecule has 0 radical (unpaired) electrons. The molecule has 0 amide bonds. The van der Waals surface area contributed by atoms with Crippen molar-refractivity contribution in [3.63, 3.8) is 0 Å². The van der Waals surface area contributed by atoms with Crippen molar-refractivity contribution < 1.29 is 8.42 Å². The normalized spacial score (nSPS) is 14.9. The van der Waals surface area contributed by atoms with E-state index < -0.39 is 10.0 Å². The van der Waals surface area contributed by atoms with Crippen molar-refractivity contribution in [2.45, 2.75) is 11.8 Å². The lowest BCUT2D eigenvalue weighted by Gasteiger charge is -2.37. The fourth-order valence-electron chi connectivity index (χ4n) is 3.31. The number of nitrogens with zero attached hydrogens (tertiary/aromatic N) is 3. The molecule has 1 aliphatic rings. The first-order valence-corrected chi connectivity index (χ1v) is 11.3. The third-order valence-electron chi connectivity index (χ3n) is 4.94. The summed E-state index contributed by atoms with van der Waals surface area (Å²) in [7, 11) is -1.74. The number of guanidine groups is 1. The third kappa shape index (κ3) is 6.58. The zero-order valence-corrected chi connectivity index (χ0v) is 20.6. The molecule has 0 bridgehead atoms. The van der Waals surface area contributed by atoms with Crippen molar-refractivity contribution in [3.05, 3.63) is 60.2 Å². The van der Waals surface area contributed by atoms with Gasteiger partial charge in [0.1, 0.15) is 0 Å². The van der Waals surface area contributed by atoms with Crippen molar-refractivity contribution in [1.82, 2.24) is 14.9 Å². The van der Waals surface area contributed by atoms with E-state index in [1.165, 1.54) is 5.69 Å². The Morgan fingerprint density at radius 1 is 0.967 bits per heavy atom. The van der Waals surface area contributed by atoms with E-state index in [-0.39, 0.29) is 28.9 Å². The van der Waals surface area contributed by atoms with E-state index >= 15 is 0 Å². The minimum Gasteiger partial charge on any atom is -0.368 e. The van der Waals surface area contributed by atoms with Gasteiger partial charge in [0, 0.05) is 52.0 Å². The monoisotopic (exact) mass is 543 g/mol. The molecule has 1 saturated heterocycles. The van der Waals surface area contributed by atoms with Gasteiger partial charge in [-0.25, -0.2) is 13.1 Å². The molecule has 1 aliphatic heterocycles. The summed E-state index contributed by atoms with van der Waals surface area (Å²) in [6, 6.07) is 17.2. The number of hydrogen-bond acceptors (Lipinski definition) is 4. The van der Waals surface area contributed by atoms with Gasteiger partial charge in [0.05, 0.1) is 4.90 Å². The van der Waals surface area contributed by atoms with Crippen molar-refractivity contribution in [3.8, 4) is 0 Å². The fraction of sp³-hybridized carbons (Fsp3) is 0.381. The van der Waals surface area contributed by atoms with Crippen LogP contribution in [-0.4, -0.2) is 65.6 Å². The first-order chi connectivity index (χ1) is 14.0. The van der Waals surface area contributed by atoms with E-state index in [2.05, 4.69) is 49.1 Å². The van der Waals surface area contributed by atoms with Crippen LogP contribution in [0.1, 0.15) is 5.56 Å². The van der Waals surface area contributed by atoms with Crippen LogP contribution in [0.4, 0.5) is 5.69 Å². The number of piperazine rings is 1. The number of nitrogens with one attached hydrogen (secondary N) is 2. The van der Waals surface area contributed by atoms with E-state index in [0.717, 1.165) is 37.7 Å². The molecule has 0 atom stereocenters. The summed E-state index contributed by atoms with van der Waals surface area (Å²) in [6.07, 6.45) is 0. The second-order valence-electron chi connectivity index (χ2n) is 6.99. The van der Waals surface area contributed by atoms with Gasteiger partial charge in [-0.15, -0.1) is 24.0 Å². The first kappa shape index (κ1) is 24.4. The SMILES string of the molecule is CN=C(NCCNS(=O)(=O)c1ccc(C)cc1)N1CCN(c2ccccc2)CC1.I. The van der Waals surface area contributed by atoms with Gasteiger partial charge in [-0.3, -0.25) is 4.99 Å². The lowest BCUT2D eigenvalue weighted by molar-refractivity contribution is 0.373. The van der Waals surface area contributed by atoms with Crippen LogP contribution < -0.4 is 14.9 Å². The number of para-hydroxylation sites is 1. The summed E-state index contributed by atoms with van der Waals surface area (Å²) in [5, 5.41) is 3.26. The summed E-state index contributed by atoms with van der Waals surface area (Å²) < 4.78 is 27.3. The molecule has 30 heavy (non-hydrogen) atoms. The van der Waals surface area contributed by atoms with E-state index in [9.17, 15) is 8.42 Å². The third-order valence-corrected chi connectivity index (χ3v) is 6.42. The topological polar surface area (TPSA) is 77.0 Å². The van der Waals surface area contributed by atoms with Gasteiger partial charge in [-0.1, -0.05) is 35.9 Å². The Morgan fingerprint density at radius 3 is 2.20 bits per heavy atom. The molecule has 0 saturated carbocycles. The van der Waals surface area contributed by atoms with Crippen molar-refractivity contribution in [2.24, 2.45) is 4.99 Å². The number of benzene rings is 2. The van der Waals surface area contributed by atoms with Crippen LogP contribution in [0.15, 0.2) is 64.5 Å². The van der Waals surface area contributed by atoms with Gasteiger partial charge >= 0.3 is 0 Å². The molecule has 1 fully saturated rings. The van der Waals surface area contributed by atoms with Gasteiger partial charge in [0.25, 0.3) is 0 Å². The predicted molar refractivity (Wildman–Crippen MR) is 133 cm³/mol. The van der Waals surface area contributed by atoms with Crippen LogP contribution in [-0.2, 0) is 10.0 Å². The van der Waals surface area contributed by atoms with Crippen molar-refractivity contribution in [1.29, 1.82) is 0 Å². The Kier molecular flexibility index (Phi) is 9.37. The number of hydrogen-bond donors (Lipinski definition) is 2. The molecule has 7 nitrogen and oxygen atoms in total. The lowest BCUT2D eigenvalue weighted by Crippen LogP contribution is -2.53. The highest BCUT2D eigenvalue weighted by molar-refractivity contribution is 14.0. The minimum absolute atomic E-state index is 0. The van der Waals surface area contributed by atoms with Crippen LogP contribution in [0.25, 0.3) is 0 Å². The number of anilines is 1. The number of rotatable bonds is 6. The quantitative estimate of drug-likeness (QED) is 0.253. The molecule has 3 rings (SSSR count). The summed E-state index contributed by atoms with van der Waals surface area (Å²) in [4.78, 5) is 9.19. The molecular weight excluding hydrogens is 513 g/mol. The molecule has 0 aromatic heterocycles. The minimum atomic E-state index is -3.49.